The van der Waals surface area contributed by atoms with Gasteiger partial charge in [-0.1, -0.05) is 0 Å². The Hall–Kier alpha value is -1.81. The van der Waals surface area contributed by atoms with Crippen LogP contribution in [0.3, 0.4) is 0 Å². The van der Waals surface area contributed by atoms with Crippen molar-refractivity contribution in [2.75, 3.05) is 7.05 Å². The van der Waals surface area contributed by atoms with Crippen LogP contribution in [0.1, 0.15) is 17.1 Å². The van der Waals surface area contributed by atoms with Gasteiger partial charge in [-0.05, 0) is 49.9 Å². The van der Waals surface area contributed by atoms with E-state index in [-0.39, 0.29) is 5.82 Å². The van der Waals surface area contributed by atoms with Gasteiger partial charge >= 0.3 is 0 Å². The van der Waals surface area contributed by atoms with Gasteiger partial charge in [0.25, 0.3) is 0 Å². The van der Waals surface area contributed by atoms with Gasteiger partial charge in [0.1, 0.15) is 29.7 Å². The average Bonchev–Trinajstić information content (AvgIpc) is 2.79. The summed E-state index contributed by atoms with van der Waals surface area (Å²) in [7, 11) is 1.86. The maximum Gasteiger partial charge on any atom is 0.146 e. The van der Waals surface area contributed by atoms with E-state index in [1.165, 1.54) is 6.07 Å². The SMILES string of the molecule is CNCc1ccc(COc2ccc(F)c(C)c2)o1. The number of ether oxygens (including phenoxy) is 1. The van der Waals surface area contributed by atoms with E-state index in [0.717, 1.165) is 11.5 Å². The van der Waals surface area contributed by atoms with Gasteiger partial charge in [-0.3, -0.25) is 0 Å². The molecule has 0 saturated heterocycles. The predicted molar refractivity (Wildman–Crippen MR) is 66.9 cm³/mol. The second kappa shape index (κ2) is 5.69. The summed E-state index contributed by atoms with van der Waals surface area (Å²) in [5.74, 6) is 2.03. The van der Waals surface area contributed by atoms with E-state index in [4.69, 9.17) is 9.15 Å². The topological polar surface area (TPSA) is 34.4 Å². The van der Waals surface area contributed by atoms with Gasteiger partial charge in [0.15, 0.2) is 0 Å². The molecule has 96 valence electrons. The first-order chi connectivity index (χ1) is 8.69. The summed E-state index contributed by atoms with van der Waals surface area (Å²) >= 11 is 0. The van der Waals surface area contributed by atoms with Crippen molar-refractivity contribution in [3.05, 3.63) is 53.2 Å². The molecule has 0 unspecified atom stereocenters. The van der Waals surface area contributed by atoms with E-state index in [1.807, 2.05) is 19.2 Å². The minimum atomic E-state index is -0.225. The number of nitrogens with one attached hydrogen (secondary N) is 1. The van der Waals surface area contributed by atoms with Crippen LogP contribution in [0.15, 0.2) is 34.7 Å². The zero-order valence-corrected chi connectivity index (χ0v) is 10.5. The van der Waals surface area contributed by atoms with E-state index in [2.05, 4.69) is 5.32 Å². The first-order valence-corrected chi connectivity index (χ1v) is 5.80. The van der Waals surface area contributed by atoms with Crippen molar-refractivity contribution < 1.29 is 13.5 Å². The Balaban J connectivity index is 1.95. The van der Waals surface area contributed by atoms with Crippen molar-refractivity contribution in [1.29, 1.82) is 0 Å². The molecule has 1 N–H and O–H groups in total. The molecule has 2 rings (SSSR count). The lowest BCUT2D eigenvalue weighted by Crippen LogP contribution is -2.03. The highest BCUT2D eigenvalue weighted by Gasteiger charge is 2.04. The maximum atomic E-state index is 13.1. The molecule has 0 amide bonds. The Bertz CT molecular complexity index is 522. The zero-order valence-electron chi connectivity index (χ0n) is 10.5. The van der Waals surface area contributed by atoms with Crippen LogP contribution in [0.2, 0.25) is 0 Å². The van der Waals surface area contributed by atoms with Gasteiger partial charge in [0.05, 0.1) is 6.54 Å². The molecule has 1 aromatic carbocycles. The van der Waals surface area contributed by atoms with Crippen LogP contribution < -0.4 is 10.1 Å². The normalized spacial score (nSPS) is 10.6. The fourth-order valence-electron chi connectivity index (χ4n) is 1.63. The molecule has 0 atom stereocenters. The van der Waals surface area contributed by atoms with Crippen LogP contribution in [0.4, 0.5) is 4.39 Å². The zero-order chi connectivity index (χ0) is 13.0. The van der Waals surface area contributed by atoms with Crippen LogP contribution in [-0.4, -0.2) is 7.05 Å². The van der Waals surface area contributed by atoms with Gasteiger partial charge in [0, 0.05) is 0 Å². The van der Waals surface area contributed by atoms with Gasteiger partial charge in [0.2, 0.25) is 0 Å². The summed E-state index contributed by atoms with van der Waals surface area (Å²) < 4.78 is 24.1. The number of rotatable bonds is 5. The lowest BCUT2D eigenvalue weighted by atomic mass is 10.2. The first kappa shape index (κ1) is 12.6. The molecule has 2 aromatic rings. The number of hydrogen-bond acceptors (Lipinski definition) is 3. The Kier molecular flexibility index (Phi) is 3.99. The highest BCUT2D eigenvalue weighted by Crippen LogP contribution is 2.18. The van der Waals surface area contributed by atoms with E-state index < -0.39 is 0 Å². The molecule has 0 radical (unpaired) electrons. The third-order valence-electron chi connectivity index (χ3n) is 2.58. The van der Waals surface area contributed by atoms with Crippen molar-refractivity contribution in [3.63, 3.8) is 0 Å². The van der Waals surface area contributed by atoms with Crippen LogP contribution in [0.5, 0.6) is 5.75 Å². The van der Waals surface area contributed by atoms with Crippen molar-refractivity contribution >= 4 is 0 Å². The summed E-state index contributed by atoms with van der Waals surface area (Å²) in [5.41, 5.74) is 0.572. The molecule has 0 saturated carbocycles. The molecule has 0 aliphatic heterocycles. The minimum Gasteiger partial charge on any atom is -0.486 e. The third-order valence-corrected chi connectivity index (χ3v) is 2.58. The minimum absolute atomic E-state index is 0.225. The Morgan fingerprint density at radius 3 is 2.72 bits per heavy atom. The molecule has 3 nitrogen and oxygen atoms in total. The molecule has 0 aliphatic carbocycles. The number of aryl methyl sites for hydroxylation is 1. The quantitative estimate of drug-likeness (QED) is 0.884. The molecule has 18 heavy (non-hydrogen) atoms. The molecule has 4 heteroatoms. The van der Waals surface area contributed by atoms with Crippen LogP contribution in [0.25, 0.3) is 0 Å². The fraction of sp³-hybridized carbons (Fsp3) is 0.286. The second-order valence-electron chi connectivity index (χ2n) is 4.10. The highest BCUT2D eigenvalue weighted by molar-refractivity contribution is 5.28. The predicted octanol–water partition coefficient (Wildman–Crippen LogP) is 3.03. The van der Waals surface area contributed by atoms with Crippen molar-refractivity contribution in [3.8, 4) is 5.75 Å². The fourth-order valence-corrected chi connectivity index (χ4v) is 1.63. The number of halogens is 1. The van der Waals surface area contributed by atoms with Crippen molar-refractivity contribution in [2.24, 2.45) is 0 Å². The first-order valence-electron chi connectivity index (χ1n) is 5.80. The number of hydrogen-bond donors (Lipinski definition) is 1. The number of furan rings is 1. The van der Waals surface area contributed by atoms with Crippen molar-refractivity contribution in [1.82, 2.24) is 5.32 Å². The molecule has 1 heterocycles. The number of benzene rings is 1. The molecule has 0 aliphatic rings. The summed E-state index contributed by atoms with van der Waals surface area (Å²) in [4.78, 5) is 0. The molecule has 1 aromatic heterocycles. The van der Waals surface area contributed by atoms with Gasteiger partial charge < -0.3 is 14.5 Å². The second-order valence-corrected chi connectivity index (χ2v) is 4.10. The third kappa shape index (κ3) is 3.11. The van der Waals surface area contributed by atoms with Crippen LogP contribution in [-0.2, 0) is 13.2 Å². The molecular formula is C14H16FNO2. The Morgan fingerprint density at radius 1 is 1.22 bits per heavy atom. The summed E-state index contributed by atoms with van der Waals surface area (Å²) in [6.45, 7) is 2.74. The van der Waals surface area contributed by atoms with E-state index >= 15 is 0 Å². The van der Waals surface area contributed by atoms with Gasteiger partial charge in [-0.25, -0.2) is 4.39 Å². The molecule has 0 bridgehead atoms. The summed E-state index contributed by atoms with van der Waals surface area (Å²) in [5, 5.41) is 3.01. The largest absolute Gasteiger partial charge is 0.486 e. The van der Waals surface area contributed by atoms with E-state index in [0.29, 0.717) is 24.5 Å². The average molecular weight is 249 g/mol. The van der Waals surface area contributed by atoms with E-state index in [9.17, 15) is 4.39 Å². The maximum absolute atomic E-state index is 13.1. The van der Waals surface area contributed by atoms with Crippen LogP contribution >= 0.6 is 0 Å². The lowest BCUT2D eigenvalue weighted by Gasteiger charge is -2.05. The summed E-state index contributed by atoms with van der Waals surface area (Å²) in [6.07, 6.45) is 0. The molecular weight excluding hydrogens is 233 g/mol. The van der Waals surface area contributed by atoms with E-state index in [1.54, 1.807) is 19.1 Å². The summed E-state index contributed by atoms with van der Waals surface area (Å²) in [6, 6.07) is 8.47. The monoisotopic (exact) mass is 249 g/mol. The Labute approximate surface area is 106 Å². The Morgan fingerprint density at radius 2 is 2.00 bits per heavy atom. The van der Waals surface area contributed by atoms with Crippen LogP contribution in [0, 0.1) is 12.7 Å². The van der Waals surface area contributed by atoms with Gasteiger partial charge in [-0.2, -0.15) is 0 Å². The molecule has 0 spiro atoms. The standard InChI is InChI=1S/C14H16FNO2/c1-10-7-11(5-6-14(10)15)17-9-13-4-3-12(18-13)8-16-2/h3-7,16H,8-9H2,1-2H3. The van der Waals surface area contributed by atoms with Gasteiger partial charge in [-0.15, -0.1) is 0 Å². The molecule has 0 fully saturated rings. The lowest BCUT2D eigenvalue weighted by molar-refractivity contribution is 0.265. The van der Waals surface area contributed by atoms with Crippen molar-refractivity contribution in [2.45, 2.75) is 20.1 Å². The smallest absolute Gasteiger partial charge is 0.146 e. The highest BCUT2D eigenvalue weighted by atomic mass is 19.1.